The summed E-state index contributed by atoms with van der Waals surface area (Å²) >= 11 is 1.57. The number of nitrogens with zero attached hydrogens (tertiary/aromatic N) is 2. The summed E-state index contributed by atoms with van der Waals surface area (Å²) in [5, 5.41) is 3.91. The molecular formula is C26H23N3O2S. The van der Waals surface area contributed by atoms with Crippen molar-refractivity contribution >= 4 is 33.4 Å². The van der Waals surface area contributed by atoms with E-state index in [0.717, 1.165) is 31.9 Å². The zero-order valence-electron chi connectivity index (χ0n) is 17.7. The summed E-state index contributed by atoms with van der Waals surface area (Å²) in [7, 11) is 0. The number of aromatic nitrogens is 1. The van der Waals surface area contributed by atoms with Gasteiger partial charge in [-0.25, -0.2) is 4.98 Å². The second-order valence-electron chi connectivity index (χ2n) is 7.95. The summed E-state index contributed by atoms with van der Waals surface area (Å²) in [6, 6.07) is 23.3. The van der Waals surface area contributed by atoms with Gasteiger partial charge in [-0.2, -0.15) is 0 Å². The topological polar surface area (TPSA) is 62.3 Å². The molecule has 0 bridgehead atoms. The molecule has 0 saturated carbocycles. The lowest BCUT2D eigenvalue weighted by Crippen LogP contribution is -2.58. The van der Waals surface area contributed by atoms with Crippen LogP contribution < -0.4 is 5.32 Å². The quantitative estimate of drug-likeness (QED) is 0.509. The van der Waals surface area contributed by atoms with Gasteiger partial charge in [-0.1, -0.05) is 54.6 Å². The van der Waals surface area contributed by atoms with Crippen LogP contribution in [0.2, 0.25) is 0 Å². The van der Waals surface area contributed by atoms with Gasteiger partial charge >= 0.3 is 0 Å². The fourth-order valence-corrected chi connectivity index (χ4v) is 5.17. The zero-order chi connectivity index (χ0) is 22.1. The highest BCUT2D eigenvalue weighted by Gasteiger charge is 2.34. The van der Waals surface area contributed by atoms with Gasteiger partial charge in [-0.05, 0) is 41.8 Å². The van der Waals surface area contributed by atoms with Crippen LogP contribution in [0.4, 0.5) is 0 Å². The van der Waals surface area contributed by atoms with Gasteiger partial charge in [0.15, 0.2) is 0 Å². The van der Waals surface area contributed by atoms with Gasteiger partial charge < -0.3 is 10.2 Å². The molecule has 4 aromatic rings. The van der Waals surface area contributed by atoms with E-state index >= 15 is 0 Å². The molecular weight excluding hydrogens is 418 g/mol. The number of fused-ring (bicyclic) bond motifs is 1. The van der Waals surface area contributed by atoms with Gasteiger partial charge in [0.25, 0.3) is 5.91 Å². The Morgan fingerprint density at radius 3 is 2.72 bits per heavy atom. The van der Waals surface area contributed by atoms with Gasteiger partial charge in [0.2, 0.25) is 5.91 Å². The standard InChI is InChI=1S/C26H23N3O2S/c1-17-28-22-12-11-20(16-24(22)32-17)26(31)29-14-13-27-25(30)23(29)15-19-9-5-6-10-21(19)18-7-3-2-4-8-18/h2-12,16,23H,13-15H2,1H3,(H,27,30)/t23-/m1/s1. The maximum atomic E-state index is 13.5. The van der Waals surface area contributed by atoms with Crippen molar-refractivity contribution in [3.63, 3.8) is 0 Å². The largest absolute Gasteiger partial charge is 0.353 e. The van der Waals surface area contributed by atoms with E-state index in [2.05, 4.69) is 28.5 Å². The SMILES string of the molecule is Cc1nc2ccc(C(=O)N3CCNC(=O)[C@H]3Cc3ccccc3-c3ccccc3)cc2s1. The third-order valence-corrected chi connectivity index (χ3v) is 6.78. The summed E-state index contributed by atoms with van der Waals surface area (Å²) in [6.07, 6.45) is 0.463. The number of thiazole rings is 1. The van der Waals surface area contributed by atoms with Crippen LogP contribution in [-0.4, -0.2) is 40.8 Å². The maximum Gasteiger partial charge on any atom is 0.254 e. The van der Waals surface area contributed by atoms with Crippen LogP contribution in [0, 0.1) is 6.92 Å². The Hall–Kier alpha value is -3.51. The first-order valence-electron chi connectivity index (χ1n) is 10.7. The van der Waals surface area contributed by atoms with E-state index < -0.39 is 6.04 Å². The fourth-order valence-electron chi connectivity index (χ4n) is 4.31. The van der Waals surface area contributed by atoms with Crippen molar-refractivity contribution in [3.05, 3.63) is 88.9 Å². The van der Waals surface area contributed by atoms with Crippen molar-refractivity contribution in [1.29, 1.82) is 0 Å². The van der Waals surface area contributed by atoms with Crippen LogP contribution in [0.3, 0.4) is 0 Å². The highest BCUT2D eigenvalue weighted by Crippen LogP contribution is 2.27. The lowest BCUT2D eigenvalue weighted by Gasteiger charge is -2.35. The number of nitrogens with one attached hydrogen (secondary N) is 1. The third kappa shape index (κ3) is 3.89. The number of carbonyl (C=O) groups is 2. The van der Waals surface area contributed by atoms with Crippen molar-refractivity contribution < 1.29 is 9.59 Å². The van der Waals surface area contributed by atoms with E-state index in [1.165, 1.54) is 0 Å². The molecule has 32 heavy (non-hydrogen) atoms. The molecule has 1 N–H and O–H groups in total. The molecule has 1 saturated heterocycles. The number of piperazine rings is 1. The number of hydrogen-bond acceptors (Lipinski definition) is 4. The second-order valence-corrected chi connectivity index (χ2v) is 9.18. The summed E-state index contributed by atoms with van der Waals surface area (Å²) in [5.74, 6) is -0.225. The molecule has 6 heteroatoms. The molecule has 5 rings (SSSR count). The van der Waals surface area contributed by atoms with Crippen LogP contribution in [0.5, 0.6) is 0 Å². The van der Waals surface area contributed by atoms with Crippen molar-refractivity contribution in [2.75, 3.05) is 13.1 Å². The molecule has 5 nitrogen and oxygen atoms in total. The molecule has 0 spiro atoms. The zero-order valence-corrected chi connectivity index (χ0v) is 18.6. The fraction of sp³-hybridized carbons (Fsp3) is 0.192. The Morgan fingerprint density at radius 1 is 1.09 bits per heavy atom. The summed E-state index contributed by atoms with van der Waals surface area (Å²) in [5.41, 5.74) is 4.72. The first-order chi connectivity index (χ1) is 15.6. The van der Waals surface area contributed by atoms with Gasteiger partial charge in [0, 0.05) is 25.1 Å². The minimum Gasteiger partial charge on any atom is -0.353 e. The molecule has 1 aliphatic rings. The summed E-state index contributed by atoms with van der Waals surface area (Å²) in [6.45, 7) is 2.91. The minimum atomic E-state index is -0.556. The maximum absolute atomic E-state index is 13.5. The Labute approximate surface area is 190 Å². The Kier molecular flexibility index (Phi) is 5.45. The molecule has 1 aromatic heterocycles. The highest BCUT2D eigenvalue weighted by molar-refractivity contribution is 7.18. The molecule has 0 unspecified atom stereocenters. The molecule has 0 aliphatic carbocycles. The lowest BCUT2D eigenvalue weighted by atomic mass is 9.93. The summed E-state index contributed by atoms with van der Waals surface area (Å²) in [4.78, 5) is 32.6. The van der Waals surface area contributed by atoms with Gasteiger partial charge in [0.1, 0.15) is 6.04 Å². The normalized spacial score (nSPS) is 16.2. The minimum absolute atomic E-state index is 0.109. The van der Waals surface area contributed by atoms with Crippen molar-refractivity contribution in [2.45, 2.75) is 19.4 Å². The van der Waals surface area contributed by atoms with Crippen molar-refractivity contribution in [1.82, 2.24) is 15.2 Å². The molecule has 1 atom stereocenters. The number of aryl methyl sites for hydroxylation is 1. The Morgan fingerprint density at radius 2 is 1.88 bits per heavy atom. The monoisotopic (exact) mass is 441 g/mol. The number of carbonyl (C=O) groups excluding carboxylic acids is 2. The van der Waals surface area contributed by atoms with Crippen LogP contribution >= 0.6 is 11.3 Å². The van der Waals surface area contributed by atoms with Gasteiger partial charge in [-0.3, -0.25) is 9.59 Å². The smallest absolute Gasteiger partial charge is 0.254 e. The number of rotatable bonds is 4. The molecule has 2 amide bonds. The van der Waals surface area contributed by atoms with Gasteiger partial charge in [0.05, 0.1) is 15.2 Å². The molecule has 1 fully saturated rings. The molecule has 1 aliphatic heterocycles. The predicted molar refractivity (Wildman–Crippen MR) is 128 cm³/mol. The van der Waals surface area contributed by atoms with Crippen LogP contribution in [0.15, 0.2) is 72.8 Å². The Balaban J connectivity index is 1.47. The number of amides is 2. The van der Waals surface area contributed by atoms with Crippen LogP contribution in [-0.2, 0) is 11.2 Å². The number of benzene rings is 3. The Bertz CT molecular complexity index is 1300. The van der Waals surface area contributed by atoms with E-state index in [1.54, 1.807) is 16.2 Å². The lowest BCUT2D eigenvalue weighted by molar-refractivity contribution is -0.127. The van der Waals surface area contributed by atoms with E-state index in [9.17, 15) is 9.59 Å². The highest BCUT2D eigenvalue weighted by atomic mass is 32.1. The predicted octanol–water partition coefficient (Wildman–Crippen LogP) is 4.46. The van der Waals surface area contributed by atoms with E-state index in [4.69, 9.17) is 0 Å². The molecule has 3 aromatic carbocycles. The molecule has 160 valence electrons. The van der Waals surface area contributed by atoms with E-state index in [1.807, 2.05) is 61.5 Å². The average Bonchev–Trinajstić information content (AvgIpc) is 3.20. The molecule has 0 radical (unpaired) electrons. The van der Waals surface area contributed by atoms with Crippen LogP contribution in [0.1, 0.15) is 20.9 Å². The first-order valence-corrected chi connectivity index (χ1v) is 11.5. The van der Waals surface area contributed by atoms with Gasteiger partial charge in [-0.15, -0.1) is 11.3 Å². The van der Waals surface area contributed by atoms with E-state index in [-0.39, 0.29) is 11.8 Å². The van der Waals surface area contributed by atoms with Crippen LogP contribution in [0.25, 0.3) is 21.3 Å². The third-order valence-electron chi connectivity index (χ3n) is 5.85. The van der Waals surface area contributed by atoms with Crippen molar-refractivity contribution in [2.24, 2.45) is 0 Å². The number of hydrogen-bond donors (Lipinski definition) is 1. The second kappa shape index (κ2) is 8.55. The first kappa shape index (κ1) is 20.4. The molecule has 2 heterocycles. The van der Waals surface area contributed by atoms with E-state index in [0.29, 0.717) is 25.1 Å². The summed E-state index contributed by atoms with van der Waals surface area (Å²) < 4.78 is 0.987. The average molecular weight is 442 g/mol. The van der Waals surface area contributed by atoms with Crippen molar-refractivity contribution in [3.8, 4) is 11.1 Å².